The molecule has 0 aliphatic rings. The fourth-order valence-corrected chi connectivity index (χ4v) is 5.98. The Morgan fingerprint density at radius 2 is 1.02 bits per heavy atom. The molecule has 2 heterocycles. The van der Waals surface area contributed by atoms with E-state index in [9.17, 15) is 19.2 Å². The van der Waals surface area contributed by atoms with Gasteiger partial charge in [0.15, 0.2) is 0 Å². The highest BCUT2D eigenvalue weighted by molar-refractivity contribution is 5.95. The van der Waals surface area contributed by atoms with Gasteiger partial charge in [-0.15, -0.1) is 0 Å². The number of benzene rings is 4. The van der Waals surface area contributed by atoms with E-state index >= 15 is 0 Å². The highest BCUT2D eigenvalue weighted by Gasteiger charge is 2.31. The fourth-order valence-electron chi connectivity index (χ4n) is 5.98. The molecule has 2 aromatic heterocycles. The molecule has 0 saturated heterocycles. The van der Waals surface area contributed by atoms with Gasteiger partial charge in [-0.3, -0.25) is 14.4 Å². The molecule has 6 aromatic rings. The Morgan fingerprint density at radius 1 is 0.560 bits per heavy atom. The third-order valence-corrected chi connectivity index (χ3v) is 8.59. The van der Waals surface area contributed by atoms with Gasteiger partial charge in [0.1, 0.15) is 24.7 Å². The monoisotopic (exact) mass is 670 g/mol. The summed E-state index contributed by atoms with van der Waals surface area (Å²) in [6, 6.07) is 30.4. The molecule has 0 aliphatic heterocycles. The number of fused-ring (bicyclic) bond motifs is 2. The van der Waals surface area contributed by atoms with E-state index in [1.54, 1.807) is 12.4 Å². The molecule has 7 N–H and O–H groups in total. The zero-order valence-corrected chi connectivity index (χ0v) is 27.2. The molecule has 254 valence electrons. The number of hydrogen-bond donors (Lipinski definition) is 6. The number of hydrogen-bond acceptors (Lipinski definition) is 5. The van der Waals surface area contributed by atoms with E-state index in [4.69, 9.17) is 10.5 Å². The number of rotatable bonds is 14. The second-order valence-corrected chi connectivity index (χ2v) is 12.1. The van der Waals surface area contributed by atoms with E-state index in [-0.39, 0.29) is 25.9 Å². The van der Waals surface area contributed by atoms with Crippen molar-refractivity contribution in [2.24, 2.45) is 5.73 Å². The topological polar surface area (TPSA) is 171 Å². The van der Waals surface area contributed by atoms with Crippen LogP contribution in [0.25, 0.3) is 21.8 Å². The van der Waals surface area contributed by atoms with Crippen LogP contribution in [0.15, 0.2) is 122 Å². The van der Waals surface area contributed by atoms with Gasteiger partial charge >= 0.3 is 6.09 Å². The SMILES string of the molecule is NC(=O)[C@@H](Cc1c[nH]c2ccccc12)NC(=O)[C@H](Cc1ccccc1)NC(=O)[C@@H](Cc1c[nH]c2ccccc12)NC(=O)OCc1ccccc1. The van der Waals surface area contributed by atoms with Crippen LogP contribution in [0.1, 0.15) is 22.3 Å². The Morgan fingerprint density at radius 3 is 1.58 bits per heavy atom. The minimum absolute atomic E-state index is 0.0120. The molecule has 0 bridgehead atoms. The number of aromatic amines is 2. The van der Waals surface area contributed by atoms with Gasteiger partial charge < -0.3 is 36.4 Å². The van der Waals surface area contributed by atoms with Crippen LogP contribution in [0.3, 0.4) is 0 Å². The Bertz CT molecular complexity index is 2090. The van der Waals surface area contributed by atoms with Crippen molar-refractivity contribution in [3.05, 3.63) is 144 Å². The van der Waals surface area contributed by atoms with Crippen LogP contribution < -0.4 is 21.7 Å². The summed E-state index contributed by atoms with van der Waals surface area (Å²) in [5, 5.41) is 10.1. The first kappa shape index (κ1) is 33.5. The number of aromatic nitrogens is 2. The second kappa shape index (κ2) is 15.7. The largest absolute Gasteiger partial charge is 0.445 e. The molecule has 11 heteroatoms. The molecule has 3 atom stereocenters. The first-order valence-corrected chi connectivity index (χ1v) is 16.3. The highest BCUT2D eigenvalue weighted by Crippen LogP contribution is 2.21. The molecule has 4 aromatic carbocycles. The molecular formula is C39H38N6O5. The summed E-state index contributed by atoms with van der Waals surface area (Å²) < 4.78 is 5.45. The predicted octanol–water partition coefficient (Wildman–Crippen LogP) is 4.43. The van der Waals surface area contributed by atoms with Gasteiger partial charge in [0.05, 0.1) is 0 Å². The van der Waals surface area contributed by atoms with Crippen LogP contribution in [-0.2, 0) is 45.0 Å². The van der Waals surface area contributed by atoms with Gasteiger partial charge in [-0.1, -0.05) is 97.1 Å². The van der Waals surface area contributed by atoms with Crippen LogP contribution in [0.4, 0.5) is 4.79 Å². The van der Waals surface area contributed by atoms with Crippen LogP contribution >= 0.6 is 0 Å². The van der Waals surface area contributed by atoms with Crippen LogP contribution in [0.2, 0.25) is 0 Å². The van der Waals surface area contributed by atoms with Crippen molar-refractivity contribution in [3.8, 4) is 0 Å². The Balaban J connectivity index is 1.22. The number of carbonyl (C=O) groups is 4. The molecule has 50 heavy (non-hydrogen) atoms. The molecule has 0 fully saturated rings. The lowest BCUT2D eigenvalue weighted by atomic mass is 10.0. The molecule has 11 nitrogen and oxygen atoms in total. The maximum atomic E-state index is 14.1. The number of primary amides is 1. The third kappa shape index (κ3) is 8.37. The number of para-hydroxylation sites is 2. The molecule has 0 spiro atoms. The summed E-state index contributed by atoms with van der Waals surface area (Å²) >= 11 is 0. The van der Waals surface area contributed by atoms with Gasteiger partial charge in [-0.25, -0.2) is 4.79 Å². The van der Waals surface area contributed by atoms with Crippen LogP contribution in [0.5, 0.6) is 0 Å². The quantitative estimate of drug-likeness (QED) is 0.101. The first-order chi connectivity index (χ1) is 24.3. The molecule has 0 unspecified atom stereocenters. The van der Waals surface area contributed by atoms with Gasteiger partial charge in [0.25, 0.3) is 0 Å². The van der Waals surface area contributed by atoms with E-state index in [0.29, 0.717) is 0 Å². The molecule has 0 aliphatic carbocycles. The fraction of sp³-hybridized carbons (Fsp3) is 0.179. The number of H-pyrrole nitrogens is 2. The molecular weight excluding hydrogens is 632 g/mol. The van der Waals surface area contributed by atoms with E-state index in [1.165, 1.54) is 0 Å². The lowest BCUT2D eigenvalue weighted by Gasteiger charge is -2.25. The summed E-state index contributed by atoms with van der Waals surface area (Å²) in [6.07, 6.45) is 3.17. The second-order valence-electron chi connectivity index (χ2n) is 12.1. The summed E-state index contributed by atoms with van der Waals surface area (Å²) in [5.41, 5.74) is 10.7. The Hall–Kier alpha value is -6.36. The van der Waals surface area contributed by atoms with E-state index in [2.05, 4.69) is 25.9 Å². The van der Waals surface area contributed by atoms with E-state index in [0.717, 1.165) is 44.1 Å². The molecule has 4 amide bonds. The smallest absolute Gasteiger partial charge is 0.408 e. The number of nitrogens with two attached hydrogens (primary N) is 1. The van der Waals surface area contributed by atoms with Crippen molar-refractivity contribution in [2.45, 2.75) is 44.0 Å². The summed E-state index contributed by atoms with van der Waals surface area (Å²) in [4.78, 5) is 60.0. The normalized spacial score (nSPS) is 12.9. The number of ether oxygens (including phenoxy) is 1. The van der Waals surface area contributed by atoms with Gasteiger partial charge in [0, 0.05) is 53.5 Å². The van der Waals surface area contributed by atoms with Gasteiger partial charge in [0.2, 0.25) is 17.7 Å². The Labute approximate surface area is 288 Å². The van der Waals surface area contributed by atoms with Crippen molar-refractivity contribution < 1.29 is 23.9 Å². The predicted molar refractivity (Wildman–Crippen MR) is 191 cm³/mol. The summed E-state index contributed by atoms with van der Waals surface area (Å²) in [5.74, 6) is -1.91. The van der Waals surface area contributed by atoms with Crippen molar-refractivity contribution in [3.63, 3.8) is 0 Å². The minimum atomic E-state index is -1.11. The average molecular weight is 671 g/mol. The maximum Gasteiger partial charge on any atom is 0.408 e. The van der Waals surface area contributed by atoms with Crippen LogP contribution in [0, 0.1) is 0 Å². The summed E-state index contributed by atoms with van der Waals surface area (Å²) in [7, 11) is 0. The minimum Gasteiger partial charge on any atom is -0.445 e. The van der Waals surface area contributed by atoms with Crippen molar-refractivity contribution >= 4 is 45.6 Å². The number of alkyl carbamates (subject to hydrolysis) is 1. The summed E-state index contributed by atoms with van der Waals surface area (Å²) in [6.45, 7) is 0.0120. The Kier molecular flexibility index (Phi) is 10.5. The van der Waals surface area contributed by atoms with E-state index in [1.807, 2.05) is 109 Å². The maximum absolute atomic E-state index is 14.1. The van der Waals surface area contributed by atoms with Gasteiger partial charge in [-0.05, 0) is 34.4 Å². The average Bonchev–Trinajstić information content (AvgIpc) is 3.74. The zero-order valence-electron chi connectivity index (χ0n) is 27.2. The van der Waals surface area contributed by atoms with Crippen molar-refractivity contribution in [2.75, 3.05) is 0 Å². The third-order valence-electron chi connectivity index (χ3n) is 8.59. The van der Waals surface area contributed by atoms with Crippen molar-refractivity contribution in [1.82, 2.24) is 25.9 Å². The zero-order chi connectivity index (χ0) is 34.9. The molecule has 0 saturated carbocycles. The first-order valence-electron chi connectivity index (χ1n) is 16.3. The van der Waals surface area contributed by atoms with Crippen LogP contribution in [-0.4, -0.2) is 51.9 Å². The number of carbonyl (C=O) groups excluding carboxylic acids is 4. The van der Waals surface area contributed by atoms with Crippen molar-refractivity contribution in [1.29, 1.82) is 0 Å². The standard InChI is InChI=1S/C39H38N6O5/c40-36(46)33(20-27-22-41-31-17-9-7-15-29(27)31)43-37(47)34(19-25-11-3-1-4-12-25)44-38(48)35(21-28-23-42-32-18-10-8-16-30(28)32)45-39(49)50-24-26-13-5-2-6-14-26/h1-18,22-23,33-35,41-42H,19-21,24H2,(H2,40,46)(H,43,47)(H,44,48)(H,45,49)/t33-,34+,35-/m1/s1. The number of nitrogens with one attached hydrogen (secondary N) is 5. The number of amides is 4. The van der Waals surface area contributed by atoms with Gasteiger partial charge in [-0.2, -0.15) is 0 Å². The lowest BCUT2D eigenvalue weighted by Crippen LogP contribution is -2.57. The molecule has 0 radical (unpaired) electrons. The lowest BCUT2D eigenvalue weighted by molar-refractivity contribution is -0.131. The highest BCUT2D eigenvalue weighted by atomic mass is 16.5. The molecule has 6 rings (SSSR count). The van der Waals surface area contributed by atoms with E-state index < -0.39 is 41.9 Å².